The molecular formula is C8H13N3OS. The van der Waals surface area contributed by atoms with Crippen LogP contribution >= 0.6 is 11.3 Å². The highest BCUT2D eigenvalue weighted by atomic mass is 32.1. The van der Waals surface area contributed by atoms with E-state index in [0.717, 1.165) is 4.88 Å². The molecule has 0 radical (unpaired) electrons. The zero-order valence-electron chi connectivity index (χ0n) is 7.49. The van der Waals surface area contributed by atoms with Gasteiger partial charge in [-0.15, -0.1) is 11.3 Å². The van der Waals surface area contributed by atoms with Crippen molar-refractivity contribution >= 4 is 17.2 Å². The lowest BCUT2D eigenvalue weighted by Crippen LogP contribution is -2.39. The van der Waals surface area contributed by atoms with E-state index in [9.17, 15) is 4.79 Å². The molecule has 0 bridgehead atoms. The predicted octanol–water partition coefficient (Wildman–Crippen LogP) is 0.497. The van der Waals surface area contributed by atoms with Gasteiger partial charge in [-0.1, -0.05) is 6.92 Å². The number of nitrogens with one attached hydrogen (secondary N) is 1. The third-order valence-corrected chi connectivity index (χ3v) is 2.48. The van der Waals surface area contributed by atoms with Crippen LogP contribution in [0.15, 0.2) is 11.7 Å². The average molecular weight is 199 g/mol. The standard InChI is InChI=1S/C8H13N3OS/c1-2-7(9)8(12)11-4-6-3-10-5-13-6/h3,5,7H,2,4,9H2,1H3,(H,11,12)/t7-/m0/s1. The summed E-state index contributed by atoms with van der Waals surface area (Å²) in [5, 5.41) is 2.74. The number of hydrogen-bond donors (Lipinski definition) is 2. The number of amides is 1. The summed E-state index contributed by atoms with van der Waals surface area (Å²) < 4.78 is 0. The minimum atomic E-state index is -0.395. The van der Waals surface area contributed by atoms with Crippen molar-refractivity contribution in [2.24, 2.45) is 5.73 Å². The normalized spacial score (nSPS) is 12.5. The molecule has 1 aromatic heterocycles. The van der Waals surface area contributed by atoms with E-state index in [1.807, 2.05) is 6.92 Å². The molecule has 0 unspecified atom stereocenters. The second-order valence-electron chi connectivity index (χ2n) is 2.70. The van der Waals surface area contributed by atoms with Crippen molar-refractivity contribution in [3.63, 3.8) is 0 Å². The summed E-state index contributed by atoms with van der Waals surface area (Å²) in [6.45, 7) is 2.41. The Kier molecular flexibility index (Phi) is 3.85. The van der Waals surface area contributed by atoms with Crippen LogP contribution in [0.3, 0.4) is 0 Å². The SMILES string of the molecule is CC[C@H](N)C(=O)NCc1cncs1. The van der Waals surface area contributed by atoms with Gasteiger partial charge in [-0.05, 0) is 6.42 Å². The molecule has 0 saturated heterocycles. The van der Waals surface area contributed by atoms with Crippen LogP contribution in [0.5, 0.6) is 0 Å². The van der Waals surface area contributed by atoms with Crippen LogP contribution in [-0.4, -0.2) is 16.9 Å². The molecule has 72 valence electrons. The van der Waals surface area contributed by atoms with Gasteiger partial charge in [0.1, 0.15) is 0 Å². The zero-order valence-corrected chi connectivity index (χ0v) is 8.30. The summed E-state index contributed by atoms with van der Waals surface area (Å²) in [5.41, 5.74) is 7.27. The Morgan fingerprint density at radius 1 is 1.85 bits per heavy atom. The van der Waals surface area contributed by atoms with Crippen molar-refractivity contribution in [1.82, 2.24) is 10.3 Å². The van der Waals surface area contributed by atoms with Crippen LogP contribution in [-0.2, 0) is 11.3 Å². The molecule has 4 nitrogen and oxygen atoms in total. The zero-order chi connectivity index (χ0) is 9.68. The first-order chi connectivity index (χ1) is 6.24. The minimum Gasteiger partial charge on any atom is -0.350 e. The smallest absolute Gasteiger partial charge is 0.237 e. The maximum absolute atomic E-state index is 11.2. The van der Waals surface area contributed by atoms with Crippen molar-refractivity contribution < 1.29 is 4.79 Å². The highest BCUT2D eigenvalue weighted by molar-refractivity contribution is 7.09. The van der Waals surface area contributed by atoms with E-state index < -0.39 is 6.04 Å². The van der Waals surface area contributed by atoms with Crippen molar-refractivity contribution in [3.05, 3.63) is 16.6 Å². The Hall–Kier alpha value is -0.940. The van der Waals surface area contributed by atoms with Crippen LogP contribution in [0.4, 0.5) is 0 Å². The first-order valence-electron chi connectivity index (χ1n) is 4.14. The second-order valence-corrected chi connectivity index (χ2v) is 3.67. The lowest BCUT2D eigenvalue weighted by Gasteiger charge is -2.08. The van der Waals surface area contributed by atoms with E-state index in [-0.39, 0.29) is 5.91 Å². The Labute approximate surface area is 81.2 Å². The highest BCUT2D eigenvalue weighted by Gasteiger charge is 2.09. The molecule has 0 aromatic carbocycles. The number of nitrogens with two attached hydrogens (primary N) is 1. The van der Waals surface area contributed by atoms with Crippen molar-refractivity contribution in [1.29, 1.82) is 0 Å². The lowest BCUT2D eigenvalue weighted by molar-refractivity contribution is -0.122. The Bertz CT molecular complexity index is 260. The largest absolute Gasteiger partial charge is 0.350 e. The van der Waals surface area contributed by atoms with Crippen LogP contribution < -0.4 is 11.1 Å². The third-order valence-electron chi connectivity index (χ3n) is 1.70. The number of nitrogens with zero attached hydrogens (tertiary/aromatic N) is 1. The van der Waals surface area contributed by atoms with Crippen LogP contribution in [0.25, 0.3) is 0 Å². The molecule has 1 heterocycles. The maximum Gasteiger partial charge on any atom is 0.237 e. The van der Waals surface area contributed by atoms with E-state index in [1.165, 1.54) is 11.3 Å². The fourth-order valence-corrected chi connectivity index (χ4v) is 1.35. The van der Waals surface area contributed by atoms with E-state index in [1.54, 1.807) is 11.7 Å². The fraction of sp³-hybridized carbons (Fsp3) is 0.500. The first kappa shape index (κ1) is 10.1. The van der Waals surface area contributed by atoms with E-state index in [2.05, 4.69) is 10.3 Å². The van der Waals surface area contributed by atoms with Crippen molar-refractivity contribution in [2.45, 2.75) is 25.9 Å². The number of carbonyl (C=O) groups excluding carboxylic acids is 1. The minimum absolute atomic E-state index is 0.101. The van der Waals surface area contributed by atoms with Gasteiger partial charge in [0.25, 0.3) is 0 Å². The molecule has 1 atom stereocenters. The number of hydrogen-bond acceptors (Lipinski definition) is 4. The van der Waals surface area contributed by atoms with Gasteiger partial charge in [0.05, 0.1) is 18.1 Å². The molecule has 0 aliphatic carbocycles. The second kappa shape index (κ2) is 4.94. The molecule has 0 aliphatic rings. The molecule has 1 amide bonds. The summed E-state index contributed by atoms with van der Waals surface area (Å²) in [5.74, 6) is -0.101. The van der Waals surface area contributed by atoms with Gasteiger partial charge in [-0.25, -0.2) is 0 Å². The van der Waals surface area contributed by atoms with Gasteiger partial charge in [-0.2, -0.15) is 0 Å². The third kappa shape index (κ3) is 3.12. The van der Waals surface area contributed by atoms with Gasteiger partial charge >= 0.3 is 0 Å². The molecule has 1 rings (SSSR count). The van der Waals surface area contributed by atoms with E-state index in [0.29, 0.717) is 13.0 Å². The summed E-state index contributed by atoms with van der Waals surface area (Å²) >= 11 is 1.52. The molecule has 0 aliphatic heterocycles. The van der Waals surface area contributed by atoms with Gasteiger partial charge in [0, 0.05) is 11.1 Å². The maximum atomic E-state index is 11.2. The molecular weight excluding hydrogens is 186 g/mol. The first-order valence-corrected chi connectivity index (χ1v) is 5.02. The molecule has 1 aromatic rings. The average Bonchev–Trinajstić information content (AvgIpc) is 2.65. The monoisotopic (exact) mass is 199 g/mol. The topological polar surface area (TPSA) is 68.0 Å². The Balaban J connectivity index is 2.31. The van der Waals surface area contributed by atoms with Gasteiger partial charge in [0.2, 0.25) is 5.91 Å². The lowest BCUT2D eigenvalue weighted by atomic mass is 10.2. The molecule has 13 heavy (non-hydrogen) atoms. The van der Waals surface area contributed by atoms with Crippen LogP contribution in [0, 0.1) is 0 Å². The fourth-order valence-electron chi connectivity index (χ4n) is 0.820. The quantitative estimate of drug-likeness (QED) is 0.742. The Morgan fingerprint density at radius 3 is 3.15 bits per heavy atom. The van der Waals surface area contributed by atoms with Crippen molar-refractivity contribution in [3.8, 4) is 0 Å². The summed E-state index contributed by atoms with van der Waals surface area (Å²) in [6.07, 6.45) is 2.40. The van der Waals surface area contributed by atoms with E-state index >= 15 is 0 Å². The number of thiazole rings is 1. The van der Waals surface area contributed by atoms with Gasteiger partial charge in [0.15, 0.2) is 0 Å². The molecule has 5 heteroatoms. The highest BCUT2D eigenvalue weighted by Crippen LogP contribution is 2.04. The number of rotatable bonds is 4. The summed E-state index contributed by atoms with van der Waals surface area (Å²) in [7, 11) is 0. The van der Waals surface area contributed by atoms with Crippen molar-refractivity contribution in [2.75, 3.05) is 0 Å². The Morgan fingerprint density at radius 2 is 2.62 bits per heavy atom. The van der Waals surface area contributed by atoms with E-state index in [4.69, 9.17) is 5.73 Å². The van der Waals surface area contributed by atoms with Gasteiger partial charge in [-0.3, -0.25) is 9.78 Å². The van der Waals surface area contributed by atoms with Crippen LogP contribution in [0.2, 0.25) is 0 Å². The van der Waals surface area contributed by atoms with Gasteiger partial charge < -0.3 is 11.1 Å². The predicted molar refractivity (Wildman–Crippen MR) is 52.2 cm³/mol. The number of aromatic nitrogens is 1. The summed E-state index contributed by atoms with van der Waals surface area (Å²) in [6, 6.07) is -0.395. The molecule has 3 N–H and O–H groups in total. The summed E-state index contributed by atoms with van der Waals surface area (Å²) in [4.78, 5) is 16.2. The molecule has 0 spiro atoms. The van der Waals surface area contributed by atoms with Crippen LogP contribution in [0.1, 0.15) is 18.2 Å². The molecule has 0 fully saturated rings. The molecule has 0 saturated carbocycles. The number of carbonyl (C=O) groups is 1.